The maximum Gasteiger partial charge on any atom is 0.315 e. The molecule has 0 unspecified atom stereocenters. The van der Waals surface area contributed by atoms with E-state index < -0.39 is 6.03 Å². The molecule has 0 fully saturated rings. The Kier molecular flexibility index (Phi) is 7.91. The first kappa shape index (κ1) is 20.5. The van der Waals surface area contributed by atoms with Crippen molar-refractivity contribution < 1.29 is 14.4 Å². The fourth-order valence-electron chi connectivity index (χ4n) is 2.24. The third kappa shape index (κ3) is 7.16. The van der Waals surface area contributed by atoms with Gasteiger partial charge in [0, 0.05) is 23.8 Å². The lowest BCUT2D eigenvalue weighted by atomic mass is 10.2. The first-order valence-electron chi connectivity index (χ1n) is 8.51. The van der Waals surface area contributed by atoms with E-state index in [0.29, 0.717) is 23.8 Å². The van der Waals surface area contributed by atoms with Crippen molar-refractivity contribution in [2.24, 2.45) is 0 Å². The highest BCUT2D eigenvalue weighted by Crippen LogP contribution is 2.12. The number of hydrogen-bond acceptors (Lipinski definition) is 4. The van der Waals surface area contributed by atoms with Crippen LogP contribution in [0.2, 0.25) is 5.02 Å². The summed E-state index contributed by atoms with van der Waals surface area (Å²) in [5.74, 6) is -0.345. The number of amides is 3. The molecule has 0 aliphatic carbocycles. The number of nitrogens with zero attached hydrogens (tertiary/aromatic N) is 1. The molecule has 27 heavy (non-hydrogen) atoms. The second-order valence-corrected chi connectivity index (χ2v) is 6.21. The molecule has 144 valence electrons. The van der Waals surface area contributed by atoms with Crippen molar-refractivity contribution >= 4 is 29.2 Å². The van der Waals surface area contributed by atoms with Gasteiger partial charge in [-0.3, -0.25) is 9.63 Å². The fourth-order valence-corrected chi connectivity index (χ4v) is 2.46. The van der Waals surface area contributed by atoms with Gasteiger partial charge in [0.05, 0.1) is 0 Å². The predicted octanol–water partition coefficient (Wildman–Crippen LogP) is 2.70. The largest absolute Gasteiger partial charge is 0.399 e. The molecule has 0 saturated heterocycles. The fraction of sp³-hybridized carbons (Fsp3) is 0.263. The monoisotopic (exact) mass is 390 g/mol. The van der Waals surface area contributed by atoms with E-state index in [4.69, 9.17) is 22.2 Å². The Morgan fingerprint density at radius 2 is 1.85 bits per heavy atom. The second-order valence-electron chi connectivity index (χ2n) is 5.77. The number of rotatable bonds is 8. The van der Waals surface area contributed by atoms with Crippen molar-refractivity contribution in [2.45, 2.75) is 20.1 Å². The Hall–Kier alpha value is -2.77. The molecule has 3 amide bonds. The molecule has 2 rings (SSSR count). The van der Waals surface area contributed by atoms with Crippen LogP contribution in [-0.4, -0.2) is 30.1 Å². The number of benzene rings is 2. The Labute approximate surface area is 163 Å². The molecule has 0 saturated carbocycles. The minimum Gasteiger partial charge on any atom is -0.399 e. The number of urea groups is 1. The summed E-state index contributed by atoms with van der Waals surface area (Å²) in [5, 5.41) is 7.01. The van der Waals surface area contributed by atoms with E-state index in [-0.39, 0.29) is 19.1 Å². The predicted molar refractivity (Wildman–Crippen MR) is 105 cm³/mol. The summed E-state index contributed by atoms with van der Waals surface area (Å²) in [6, 6.07) is 13.9. The van der Waals surface area contributed by atoms with Crippen molar-refractivity contribution in [1.29, 1.82) is 0 Å². The Morgan fingerprint density at radius 1 is 1.11 bits per heavy atom. The average molecular weight is 391 g/mol. The highest BCUT2D eigenvalue weighted by Gasteiger charge is 2.14. The number of nitrogens with two attached hydrogens (primary N) is 1. The zero-order valence-electron chi connectivity index (χ0n) is 15.1. The van der Waals surface area contributed by atoms with Crippen LogP contribution >= 0.6 is 11.6 Å². The van der Waals surface area contributed by atoms with Crippen molar-refractivity contribution in [3.8, 4) is 0 Å². The standard InChI is InChI=1S/C19H23ClN4O3/c1-2-24(27-13-15-4-3-5-16(20)10-15)18(25)12-23-19(26)22-11-14-6-8-17(21)9-7-14/h3-10H,2,11-13,21H2,1H3,(H2,22,23,26). The summed E-state index contributed by atoms with van der Waals surface area (Å²) < 4.78 is 0. The van der Waals surface area contributed by atoms with Gasteiger partial charge in [-0.05, 0) is 42.3 Å². The molecule has 0 spiro atoms. The number of halogens is 1. The lowest BCUT2D eigenvalue weighted by molar-refractivity contribution is -0.188. The smallest absolute Gasteiger partial charge is 0.315 e. The van der Waals surface area contributed by atoms with Crippen LogP contribution in [0.25, 0.3) is 0 Å². The van der Waals surface area contributed by atoms with Crippen LogP contribution in [-0.2, 0) is 22.8 Å². The highest BCUT2D eigenvalue weighted by atomic mass is 35.5. The summed E-state index contributed by atoms with van der Waals surface area (Å²) in [4.78, 5) is 29.5. The molecule has 0 atom stereocenters. The van der Waals surface area contributed by atoms with Gasteiger partial charge in [0.1, 0.15) is 13.2 Å². The van der Waals surface area contributed by atoms with Gasteiger partial charge in [0.15, 0.2) is 0 Å². The number of nitrogens with one attached hydrogen (secondary N) is 2. The van der Waals surface area contributed by atoms with Crippen LogP contribution in [0, 0.1) is 0 Å². The Morgan fingerprint density at radius 3 is 2.52 bits per heavy atom. The number of carbonyl (C=O) groups is 2. The van der Waals surface area contributed by atoms with E-state index in [1.807, 2.05) is 24.3 Å². The summed E-state index contributed by atoms with van der Waals surface area (Å²) >= 11 is 5.93. The molecule has 0 aliphatic heterocycles. The van der Waals surface area contributed by atoms with Crippen LogP contribution in [0.1, 0.15) is 18.1 Å². The van der Waals surface area contributed by atoms with Gasteiger partial charge in [0.2, 0.25) is 0 Å². The number of anilines is 1. The second kappa shape index (κ2) is 10.4. The molecule has 2 aromatic rings. The topological polar surface area (TPSA) is 96.7 Å². The number of carbonyl (C=O) groups excluding carboxylic acids is 2. The molecule has 2 aromatic carbocycles. The normalized spacial score (nSPS) is 10.3. The molecular formula is C19H23ClN4O3. The van der Waals surface area contributed by atoms with Crippen LogP contribution in [0.4, 0.5) is 10.5 Å². The number of nitrogen functional groups attached to an aromatic ring is 1. The third-order valence-corrected chi connectivity index (χ3v) is 3.91. The first-order chi connectivity index (χ1) is 13.0. The molecule has 0 radical (unpaired) electrons. The van der Waals surface area contributed by atoms with E-state index >= 15 is 0 Å². The molecule has 8 heteroatoms. The zero-order valence-corrected chi connectivity index (χ0v) is 15.8. The molecule has 4 N–H and O–H groups in total. The van der Waals surface area contributed by atoms with Gasteiger partial charge in [-0.2, -0.15) is 0 Å². The zero-order chi connectivity index (χ0) is 19.6. The maximum absolute atomic E-state index is 12.2. The maximum atomic E-state index is 12.2. The minimum absolute atomic E-state index is 0.170. The number of hydroxylamine groups is 2. The molecule has 0 heterocycles. The number of hydrogen-bond donors (Lipinski definition) is 3. The van der Waals surface area contributed by atoms with Gasteiger partial charge in [-0.1, -0.05) is 35.9 Å². The van der Waals surface area contributed by atoms with Gasteiger partial charge in [-0.15, -0.1) is 0 Å². The van der Waals surface area contributed by atoms with E-state index in [2.05, 4.69) is 10.6 Å². The third-order valence-electron chi connectivity index (χ3n) is 3.67. The summed E-state index contributed by atoms with van der Waals surface area (Å²) in [6.07, 6.45) is 0. The Bertz CT molecular complexity index is 768. The van der Waals surface area contributed by atoms with Crippen LogP contribution < -0.4 is 16.4 Å². The van der Waals surface area contributed by atoms with Gasteiger partial charge >= 0.3 is 6.03 Å². The Balaban J connectivity index is 1.73. The van der Waals surface area contributed by atoms with Crippen molar-refractivity contribution in [2.75, 3.05) is 18.8 Å². The van der Waals surface area contributed by atoms with Gasteiger partial charge in [0.25, 0.3) is 5.91 Å². The molecule has 0 aromatic heterocycles. The summed E-state index contributed by atoms with van der Waals surface area (Å²) in [7, 11) is 0. The number of likely N-dealkylation sites (N-methyl/N-ethyl adjacent to an activating group) is 1. The average Bonchev–Trinajstić information content (AvgIpc) is 2.66. The van der Waals surface area contributed by atoms with E-state index in [0.717, 1.165) is 11.1 Å². The van der Waals surface area contributed by atoms with Gasteiger partial charge < -0.3 is 16.4 Å². The summed E-state index contributed by atoms with van der Waals surface area (Å²) in [6.45, 7) is 2.52. The quantitative estimate of drug-likeness (QED) is 0.477. The molecular weight excluding hydrogens is 368 g/mol. The summed E-state index contributed by atoms with van der Waals surface area (Å²) in [5.41, 5.74) is 8.03. The highest BCUT2D eigenvalue weighted by molar-refractivity contribution is 6.30. The minimum atomic E-state index is -0.439. The van der Waals surface area contributed by atoms with Gasteiger partial charge in [-0.25, -0.2) is 9.86 Å². The van der Waals surface area contributed by atoms with Crippen molar-refractivity contribution in [3.63, 3.8) is 0 Å². The van der Waals surface area contributed by atoms with E-state index in [1.54, 1.807) is 31.2 Å². The molecule has 0 bridgehead atoms. The van der Waals surface area contributed by atoms with Crippen molar-refractivity contribution in [1.82, 2.24) is 15.7 Å². The lowest BCUT2D eigenvalue weighted by Crippen LogP contribution is -2.43. The lowest BCUT2D eigenvalue weighted by Gasteiger charge is -2.20. The van der Waals surface area contributed by atoms with Crippen LogP contribution in [0.3, 0.4) is 0 Å². The first-order valence-corrected chi connectivity index (χ1v) is 8.89. The van der Waals surface area contributed by atoms with E-state index in [9.17, 15) is 9.59 Å². The van der Waals surface area contributed by atoms with E-state index in [1.165, 1.54) is 5.06 Å². The van der Waals surface area contributed by atoms with Crippen LogP contribution in [0.5, 0.6) is 0 Å². The molecule has 0 aliphatic rings. The van der Waals surface area contributed by atoms with Crippen LogP contribution in [0.15, 0.2) is 48.5 Å². The van der Waals surface area contributed by atoms with Crippen molar-refractivity contribution in [3.05, 3.63) is 64.7 Å². The SMILES string of the molecule is CCN(OCc1cccc(Cl)c1)C(=O)CNC(=O)NCc1ccc(N)cc1. The molecule has 7 nitrogen and oxygen atoms in total.